The van der Waals surface area contributed by atoms with Crippen LogP contribution in [0, 0.1) is 5.92 Å². The largest absolute Gasteiger partial charge is 0.326 e. The molecule has 0 bridgehead atoms. The molecule has 0 fully saturated rings. The van der Waals surface area contributed by atoms with Crippen molar-refractivity contribution >= 4 is 34.8 Å². The second-order valence-electron chi connectivity index (χ2n) is 6.33. The number of anilines is 2. The van der Waals surface area contributed by atoms with E-state index >= 15 is 0 Å². The number of aromatic nitrogens is 2. The van der Waals surface area contributed by atoms with Crippen LogP contribution >= 0.6 is 11.6 Å². The fraction of sp³-hybridized carbons (Fsp3) is 0.150. The second kappa shape index (κ2) is 8.05. The Morgan fingerprint density at radius 3 is 2.37 bits per heavy atom. The van der Waals surface area contributed by atoms with Crippen molar-refractivity contribution in [3.63, 3.8) is 0 Å². The predicted octanol–water partition coefficient (Wildman–Crippen LogP) is 4.37. The molecule has 0 atom stereocenters. The van der Waals surface area contributed by atoms with E-state index < -0.39 is 0 Å². The summed E-state index contributed by atoms with van der Waals surface area (Å²) in [5, 5.41) is 10.5. The number of benzene rings is 2. The first-order chi connectivity index (χ1) is 12.9. The SMILES string of the molecule is CC(C)C(=O)Nc1cccc(NC(=O)c2cnn(-c3ccc(Cl)cc3)c2)c1. The minimum absolute atomic E-state index is 0.0808. The molecule has 2 N–H and O–H groups in total. The minimum atomic E-state index is -0.289. The smallest absolute Gasteiger partial charge is 0.258 e. The van der Waals surface area contributed by atoms with E-state index in [0.29, 0.717) is 22.0 Å². The Labute approximate surface area is 162 Å². The molecule has 7 heteroatoms. The van der Waals surface area contributed by atoms with E-state index in [4.69, 9.17) is 11.6 Å². The van der Waals surface area contributed by atoms with Crippen molar-refractivity contribution in [2.45, 2.75) is 13.8 Å². The summed E-state index contributed by atoms with van der Waals surface area (Å²) in [5.41, 5.74) is 2.43. The summed E-state index contributed by atoms with van der Waals surface area (Å²) in [5.74, 6) is -0.493. The molecule has 0 saturated carbocycles. The van der Waals surface area contributed by atoms with Crippen LogP contribution in [0.1, 0.15) is 24.2 Å². The highest BCUT2D eigenvalue weighted by Crippen LogP contribution is 2.18. The molecule has 1 heterocycles. The van der Waals surface area contributed by atoms with Gasteiger partial charge in [0.05, 0.1) is 17.4 Å². The number of hydrogen-bond donors (Lipinski definition) is 2. The average molecular weight is 383 g/mol. The number of halogens is 1. The number of rotatable bonds is 5. The van der Waals surface area contributed by atoms with Crippen LogP contribution in [0.5, 0.6) is 0 Å². The lowest BCUT2D eigenvalue weighted by molar-refractivity contribution is -0.118. The molecule has 0 aliphatic carbocycles. The Hall–Kier alpha value is -3.12. The van der Waals surface area contributed by atoms with Gasteiger partial charge in [0.15, 0.2) is 0 Å². The van der Waals surface area contributed by atoms with Crippen molar-refractivity contribution < 1.29 is 9.59 Å². The van der Waals surface area contributed by atoms with Crippen LogP contribution < -0.4 is 10.6 Å². The van der Waals surface area contributed by atoms with Gasteiger partial charge in [-0.15, -0.1) is 0 Å². The van der Waals surface area contributed by atoms with Gasteiger partial charge in [0.2, 0.25) is 5.91 Å². The Bertz CT molecular complexity index is 964. The molecular formula is C20H19ClN4O2. The van der Waals surface area contributed by atoms with Crippen molar-refractivity contribution in [2.24, 2.45) is 5.92 Å². The Kier molecular flexibility index (Phi) is 5.57. The summed E-state index contributed by atoms with van der Waals surface area (Å²) in [4.78, 5) is 24.3. The number of nitrogens with one attached hydrogen (secondary N) is 2. The number of amides is 2. The van der Waals surface area contributed by atoms with E-state index in [0.717, 1.165) is 5.69 Å². The van der Waals surface area contributed by atoms with E-state index in [1.165, 1.54) is 6.20 Å². The number of carbonyl (C=O) groups excluding carboxylic acids is 2. The number of carbonyl (C=O) groups is 2. The number of hydrogen-bond acceptors (Lipinski definition) is 3. The first-order valence-corrected chi connectivity index (χ1v) is 8.83. The van der Waals surface area contributed by atoms with E-state index in [1.807, 2.05) is 26.0 Å². The molecule has 0 aliphatic heterocycles. The highest BCUT2D eigenvalue weighted by Gasteiger charge is 2.11. The molecule has 27 heavy (non-hydrogen) atoms. The predicted molar refractivity (Wildman–Crippen MR) is 106 cm³/mol. The quantitative estimate of drug-likeness (QED) is 0.687. The molecule has 0 saturated heterocycles. The maximum absolute atomic E-state index is 12.5. The van der Waals surface area contributed by atoms with Gasteiger partial charge in [0.25, 0.3) is 5.91 Å². The van der Waals surface area contributed by atoms with E-state index in [2.05, 4.69) is 15.7 Å². The van der Waals surface area contributed by atoms with Crippen molar-refractivity contribution in [1.82, 2.24) is 9.78 Å². The van der Waals surface area contributed by atoms with Crippen LogP contribution in [0.2, 0.25) is 5.02 Å². The van der Waals surface area contributed by atoms with Gasteiger partial charge < -0.3 is 10.6 Å². The molecular weight excluding hydrogens is 364 g/mol. The zero-order valence-electron chi connectivity index (χ0n) is 14.9. The summed E-state index contributed by atoms with van der Waals surface area (Å²) in [7, 11) is 0. The summed E-state index contributed by atoms with van der Waals surface area (Å²) >= 11 is 5.89. The fourth-order valence-corrected chi connectivity index (χ4v) is 2.47. The highest BCUT2D eigenvalue weighted by atomic mass is 35.5. The van der Waals surface area contributed by atoms with Crippen LogP contribution in [0.15, 0.2) is 60.9 Å². The summed E-state index contributed by atoms with van der Waals surface area (Å²) < 4.78 is 1.60. The number of nitrogens with zero attached hydrogens (tertiary/aromatic N) is 2. The first-order valence-electron chi connectivity index (χ1n) is 8.45. The van der Waals surface area contributed by atoms with Crippen molar-refractivity contribution in [3.8, 4) is 5.69 Å². The lowest BCUT2D eigenvalue weighted by Gasteiger charge is -2.10. The van der Waals surface area contributed by atoms with Crippen molar-refractivity contribution in [1.29, 1.82) is 0 Å². The first kappa shape index (κ1) is 18.7. The monoisotopic (exact) mass is 382 g/mol. The molecule has 2 aromatic carbocycles. The topological polar surface area (TPSA) is 76.0 Å². The molecule has 3 rings (SSSR count). The Balaban J connectivity index is 1.71. The zero-order chi connectivity index (χ0) is 19.4. The third kappa shape index (κ3) is 4.74. The van der Waals surface area contributed by atoms with Gasteiger partial charge in [0, 0.05) is 28.5 Å². The zero-order valence-corrected chi connectivity index (χ0v) is 15.7. The van der Waals surface area contributed by atoms with E-state index in [9.17, 15) is 9.59 Å². The average Bonchev–Trinajstić information content (AvgIpc) is 3.13. The lowest BCUT2D eigenvalue weighted by Crippen LogP contribution is -2.18. The van der Waals surface area contributed by atoms with Crippen molar-refractivity contribution in [2.75, 3.05) is 10.6 Å². The summed E-state index contributed by atoms with van der Waals surface area (Å²) in [6, 6.07) is 14.2. The maximum Gasteiger partial charge on any atom is 0.258 e. The molecule has 0 aliphatic rings. The standard InChI is InChI=1S/C20H19ClN4O2/c1-13(2)19(26)23-16-4-3-5-17(10-16)24-20(27)14-11-22-25(12-14)18-8-6-15(21)7-9-18/h3-13H,1-2H3,(H,23,26)(H,24,27). The van der Waals surface area contributed by atoms with E-state index in [1.54, 1.807) is 47.3 Å². The van der Waals surface area contributed by atoms with Gasteiger partial charge >= 0.3 is 0 Å². The lowest BCUT2D eigenvalue weighted by atomic mass is 10.2. The molecule has 2 amide bonds. The minimum Gasteiger partial charge on any atom is -0.326 e. The fourth-order valence-electron chi connectivity index (χ4n) is 2.34. The van der Waals surface area contributed by atoms with Crippen LogP contribution in [-0.2, 0) is 4.79 Å². The second-order valence-corrected chi connectivity index (χ2v) is 6.77. The highest BCUT2D eigenvalue weighted by molar-refractivity contribution is 6.30. The molecule has 138 valence electrons. The van der Waals surface area contributed by atoms with Gasteiger partial charge in [-0.2, -0.15) is 5.10 Å². The van der Waals surface area contributed by atoms with Gasteiger partial charge in [0.1, 0.15) is 0 Å². The molecule has 1 aromatic heterocycles. The summed E-state index contributed by atoms with van der Waals surface area (Å²) in [6.45, 7) is 3.64. The molecule has 6 nitrogen and oxygen atoms in total. The summed E-state index contributed by atoms with van der Waals surface area (Å²) in [6.07, 6.45) is 3.14. The molecule has 0 spiro atoms. The van der Waals surface area contributed by atoms with Crippen LogP contribution in [0.25, 0.3) is 5.69 Å². The van der Waals surface area contributed by atoms with Gasteiger partial charge in [-0.25, -0.2) is 4.68 Å². The Morgan fingerprint density at radius 2 is 1.70 bits per heavy atom. The third-order valence-corrected chi connectivity index (χ3v) is 4.10. The Morgan fingerprint density at radius 1 is 1.04 bits per heavy atom. The van der Waals surface area contributed by atoms with Gasteiger partial charge in [-0.1, -0.05) is 31.5 Å². The maximum atomic E-state index is 12.5. The van der Waals surface area contributed by atoms with Gasteiger partial charge in [-0.3, -0.25) is 9.59 Å². The van der Waals surface area contributed by atoms with Gasteiger partial charge in [-0.05, 0) is 42.5 Å². The van der Waals surface area contributed by atoms with Crippen LogP contribution in [0.4, 0.5) is 11.4 Å². The van der Waals surface area contributed by atoms with Crippen LogP contribution in [0.3, 0.4) is 0 Å². The van der Waals surface area contributed by atoms with Crippen LogP contribution in [-0.4, -0.2) is 21.6 Å². The molecule has 0 unspecified atom stereocenters. The third-order valence-electron chi connectivity index (χ3n) is 3.85. The van der Waals surface area contributed by atoms with E-state index in [-0.39, 0.29) is 17.7 Å². The molecule has 3 aromatic rings. The normalized spacial score (nSPS) is 10.7. The van der Waals surface area contributed by atoms with Crippen molar-refractivity contribution in [3.05, 3.63) is 71.5 Å². The molecule has 0 radical (unpaired) electrons.